The molecular weight excluding hydrogens is 360 g/mol. The molecule has 5 heteroatoms. The highest BCUT2D eigenvalue weighted by Gasteiger charge is 2.18. The smallest absolute Gasteiger partial charge is 0.238 e. The molecule has 4 nitrogen and oxygen atoms in total. The minimum atomic E-state index is -0.153. The highest BCUT2D eigenvalue weighted by Crippen LogP contribution is 2.24. The normalized spacial score (nSPS) is 15.6. The van der Waals surface area contributed by atoms with Crippen molar-refractivity contribution in [3.63, 3.8) is 0 Å². The molecule has 0 aliphatic carbocycles. The Morgan fingerprint density at radius 3 is 2.30 bits per heavy atom. The van der Waals surface area contributed by atoms with E-state index in [0.29, 0.717) is 28.4 Å². The van der Waals surface area contributed by atoms with Crippen LogP contribution in [0.3, 0.4) is 0 Å². The van der Waals surface area contributed by atoms with E-state index >= 15 is 0 Å². The number of hydrogen-bond acceptors (Lipinski definition) is 3. The van der Waals surface area contributed by atoms with Gasteiger partial charge in [-0.3, -0.25) is 14.5 Å². The minimum Gasteiger partial charge on any atom is -0.324 e. The predicted molar refractivity (Wildman–Crippen MR) is 109 cm³/mol. The van der Waals surface area contributed by atoms with Gasteiger partial charge in [0, 0.05) is 16.1 Å². The molecule has 3 rings (SSSR count). The Labute approximate surface area is 165 Å². The first kappa shape index (κ1) is 19.6. The van der Waals surface area contributed by atoms with Crippen LogP contribution in [0.5, 0.6) is 0 Å². The molecule has 0 aromatic heterocycles. The third-order valence-corrected chi connectivity index (χ3v) is 5.09. The van der Waals surface area contributed by atoms with E-state index < -0.39 is 0 Å². The van der Waals surface area contributed by atoms with Crippen LogP contribution >= 0.6 is 11.6 Å². The average molecular weight is 385 g/mol. The fraction of sp³-hybridized carbons (Fsp3) is 0.364. The summed E-state index contributed by atoms with van der Waals surface area (Å²) in [5.74, 6) is -0.250. The maximum atomic E-state index is 12.9. The lowest BCUT2D eigenvalue weighted by molar-refractivity contribution is -0.117. The SMILES string of the molecule is O=C(CN1CCCCCCC1)Nc1ccc(Cl)cc1C(=O)c1ccccc1. The summed E-state index contributed by atoms with van der Waals surface area (Å²) in [6, 6.07) is 14.0. The largest absolute Gasteiger partial charge is 0.324 e. The van der Waals surface area contributed by atoms with E-state index in [9.17, 15) is 9.59 Å². The summed E-state index contributed by atoms with van der Waals surface area (Å²) < 4.78 is 0. The van der Waals surface area contributed by atoms with Crippen LogP contribution in [0.25, 0.3) is 0 Å². The first-order valence-corrected chi connectivity index (χ1v) is 9.93. The number of likely N-dealkylation sites (tertiary alicyclic amines) is 1. The Balaban J connectivity index is 1.72. The van der Waals surface area contributed by atoms with Crippen molar-refractivity contribution in [1.82, 2.24) is 4.90 Å². The van der Waals surface area contributed by atoms with Crippen molar-refractivity contribution in [2.24, 2.45) is 0 Å². The first-order valence-electron chi connectivity index (χ1n) is 9.55. The molecule has 1 amide bonds. The minimum absolute atomic E-state index is 0.0972. The molecule has 1 N–H and O–H groups in total. The predicted octanol–water partition coefficient (Wildman–Crippen LogP) is 4.78. The third kappa shape index (κ3) is 5.65. The lowest BCUT2D eigenvalue weighted by Crippen LogP contribution is -2.35. The number of rotatable bonds is 5. The Morgan fingerprint density at radius 1 is 0.926 bits per heavy atom. The van der Waals surface area contributed by atoms with Gasteiger partial charge < -0.3 is 5.32 Å². The van der Waals surface area contributed by atoms with Crippen LogP contribution < -0.4 is 5.32 Å². The van der Waals surface area contributed by atoms with Crippen LogP contribution in [-0.4, -0.2) is 36.2 Å². The van der Waals surface area contributed by atoms with Crippen LogP contribution in [0.4, 0.5) is 5.69 Å². The quantitative estimate of drug-likeness (QED) is 0.755. The molecular formula is C22H25ClN2O2. The van der Waals surface area contributed by atoms with Crippen molar-refractivity contribution < 1.29 is 9.59 Å². The summed E-state index contributed by atoms with van der Waals surface area (Å²) in [5.41, 5.74) is 1.49. The van der Waals surface area contributed by atoms with E-state index in [-0.39, 0.29) is 11.7 Å². The van der Waals surface area contributed by atoms with Crippen LogP contribution in [0, 0.1) is 0 Å². The van der Waals surface area contributed by atoms with Gasteiger partial charge in [0.05, 0.1) is 12.2 Å². The zero-order chi connectivity index (χ0) is 19.1. The number of anilines is 1. The van der Waals surface area contributed by atoms with E-state index in [1.54, 1.807) is 30.3 Å². The molecule has 1 heterocycles. The van der Waals surface area contributed by atoms with Crippen molar-refractivity contribution in [1.29, 1.82) is 0 Å². The van der Waals surface area contributed by atoms with Gasteiger partial charge in [0.25, 0.3) is 0 Å². The first-order chi connectivity index (χ1) is 13.1. The average Bonchev–Trinajstić information content (AvgIpc) is 2.65. The van der Waals surface area contributed by atoms with Crippen LogP contribution in [0.1, 0.15) is 48.0 Å². The van der Waals surface area contributed by atoms with Crippen molar-refractivity contribution in [3.05, 3.63) is 64.7 Å². The number of ketones is 1. The summed E-state index contributed by atoms with van der Waals surface area (Å²) in [7, 11) is 0. The van der Waals surface area contributed by atoms with E-state index in [2.05, 4.69) is 10.2 Å². The number of halogens is 1. The second kappa shape index (κ2) is 9.67. The zero-order valence-corrected chi connectivity index (χ0v) is 16.2. The van der Waals surface area contributed by atoms with Gasteiger partial charge in [-0.25, -0.2) is 0 Å². The van der Waals surface area contributed by atoms with E-state index in [1.807, 2.05) is 18.2 Å². The Morgan fingerprint density at radius 2 is 1.59 bits per heavy atom. The Kier molecular flexibility index (Phi) is 7.02. The summed E-state index contributed by atoms with van der Waals surface area (Å²) in [5, 5.41) is 3.38. The molecule has 1 saturated heterocycles. The molecule has 0 bridgehead atoms. The highest BCUT2D eigenvalue weighted by molar-refractivity contribution is 6.31. The van der Waals surface area contributed by atoms with Crippen LogP contribution in [0.15, 0.2) is 48.5 Å². The van der Waals surface area contributed by atoms with E-state index in [1.165, 1.54) is 19.3 Å². The molecule has 1 aliphatic rings. The highest BCUT2D eigenvalue weighted by atomic mass is 35.5. The number of nitrogens with one attached hydrogen (secondary N) is 1. The van der Waals surface area contributed by atoms with Gasteiger partial charge in [0.1, 0.15) is 0 Å². The van der Waals surface area contributed by atoms with Gasteiger partial charge in [0.15, 0.2) is 5.78 Å². The number of nitrogens with zero attached hydrogens (tertiary/aromatic N) is 1. The van der Waals surface area contributed by atoms with Crippen LogP contribution in [0.2, 0.25) is 5.02 Å². The van der Waals surface area contributed by atoms with Gasteiger partial charge in [-0.1, -0.05) is 61.2 Å². The monoisotopic (exact) mass is 384 g/mol. The summed E-state index contributed by atoms with van der Waals surface area (Å²) in [6.07, 6.45) is 6.00. The molecule has 0 saturated carbocycles. The van der Waals surface area contributed by atoms with E-state index in [0.717, 1.165) is 25.9 Å². The summed E-state index contributed by atoms with van der Waals surface area (Å²) in [6.45, 7) is 2.25. The maximum absolute atomic E-state index is 12.9. The number of carbonyl (C=O) groups excluding carboxylic acids is 2. The molecule has 2 aromatic rings. The molecule has 0 spiro atoms. The van der Waals surface area contributed by atoms with Gasteiger partial charge in [-0.15, -0.1) is 0 Å². The molecule has 1 aliphatic heterocycles. The molecule has 142 valence electrons. The Hall–Kier alpha value is -2.17. The zero-order valence-electron chi connectivity index (χ0n) is 15.4. The lowest BCUT2D eigenvalue weighted by Gasteiger charge is -2.24. The lowest BCUT2D eigenvalue weighted by atomic mass is 10.0. The van der Waals surface area contributed by atoms with Gasteiger partial charge in [0.2, 0.25) is 5.91 Å². The molecule has 0 atom stereocenters. The second-order valence-electron chi connectivity index (χ2n) is 6.98. The summed E-state index contributed by atoms with van der Waals surface area (Å²) in [4.78, 5) is 27.6. The number of hydrogen-bond donors (Lipinski definition) is 1. The third-order valence-electron chi connectivity index (χ3n) is 4.85. The molecule has 1 fully saturated rings. The van der Waals surface area contributed by atoms with Crippen molar-refractivity contribution >= 4 is 29.0 Å². The van der Waals surface area contributed by atoms with Crippen molar-refractivity contribution in [2.75, 3.05) is 25.0 Å². The Bertz CT molecular complexity index is 784. The maximum Gasteiger partial charge on any atom is 0.238 e. The topological polar surface area (TPSA) is 49.4 Å². The molecule has 2 aromatic carbocycles. The standard InChI is InChI=1S/C22H25ClN2O2/c23-18-11-12-20(19(15-18)22(27)17-9-5-4-6-10-17)24-21(26)16-25-13-7-2-1-3-8-14-25/h4-6,9-12,15H,1-3,7-8,13-14,16H2,(H,24,26). The number of carbonyl (C=O) groups is 2. The molecule has 0 unspecified atom stereocenters. The summed E-state index contributed by atoms with van der Waals surface area (Å²) >= 11 is 6.10. The van der Waals surface area contributed by atoms with Crippen molar-refractivity contribution in [2.45, 2.75) is 32.1 Å². The molecule has 0 radical (unpaired) electrons. The fourth-order valence-electron chi connectivity index (χ4n) is 3.42. The van der Waals surface area contributed by atoms with Crippen LogP contribution in [-0.2, 0) is 4.79 Å². The number of benzene rings is 2. The molecule has 27 heavy (non-hydrogen) atoms. The van der Waals surface area contributed by atoms with Crippen molar-refractivity contribution in [3.8, 4) is 0 Å². The van der Waals surface area contributed by atoms with Gasteiger partial charge >= 0.3 is 0 Å². The second-order valence-corrected chi connectivity index (χ2v) is 7.41. The van der Waals surface area contributed by atoms with Gasteiger partial charge in [-0.2, -0.15) is 0 Å². The van der Waals surface area contributed by atoms with Gasteiger partial charge in [-0.05, 0) is 44.1 Å². The fourth-order valence-corrected chi connectivity index (χ4v) is 3.59. The van der Waals surface area contributed by atoms with E-state index in [4.69, 9.17) is 11.6 Å². The number of amides is 1.